The molecule has 0 atom stereocenters. The maximum absolute atomic E-state index is 5.48. The molecule has 1 aromatic carbocycles. The standard InChI is InChI=1S/C14H22BrNOS/c1-2-3-9-17-10-7-16-8-11-18-14-6-4-5-13(15)12-14/h4-6,12,16H,2-3,7-11H2,1H3. The molecule has 102 valence electrons. The Kier molecular flexibility index (Phi) is 9.66. The van der Waals surface area contributed by atoms with Gasteiger partial charge in [0.2, 0.25) is 0 Å². The van der Waals surface area contributed by atoms with E-state index in [0.29, 0.717) is 0 Å². The average molecular weight is 332 g/mol. The highest BCUT2D eigenvalue weighted by atomic mass is 79.9. The van der Waals surface area contributed by atoms with Gasteiger partial charge in [0.1, 0.15) is 0 Å². The predicted molar refractivity (Wildman–Crippen MR) is 83.5 cm³/mol. The third-order valence-corrected chi connectivity index (χ3v) is 3.90. The number of benzene rings is 1. The van der Waals surface area contributed by atoms with E-state index in [1.165, 1.54) is 17.7 Å². The highest BCUT2D eigenvalue weighted by Crippen LogP contribution is 2.21. The van der Waals surface area contributed by atoms with Crippen LogP contribution in [0.25, 0.3) is 0 Å². The lowest BCUT2D eigenvalue weighted by molar-refractivity contribution is 0.133. The highest BCUT2D eigenvalue weighted by molar-refractivity contribution is 9.10. The lowest BCUT2D eigenvalue weighted by Crippen LogP contribution is -2.22. The maximum atomic E-state index is 5.48. The van der Waals surface area contributed by atoms with Gasteiger partial charge in [0.05, 0.1) is 6.61 Å². The Hall–Kier alpha value is -0.0300. The summed E-state index contributed by atoms with van der Waals surface area (Å²) in [6, 6.07) is 8.42. The number of hydrogen-bond donors (Lipinski definition) is 1. The van der Waals surface area contributed by atoms with Crippen LogP contribution in [0.5, 0.6) is 0 Å². The molecule has 0 saturated carbocycles. The van der Waals surface area contributed by atoms with Gasteiger partial charge in [-0.2, -0.15) is 0 Å². The summed E-state index contributed by atoms with van der Waals surface area (Å²) < 4.78 is 6.62. The Balaban J connectivity index is 1.92. The van der Waals surface area contributed by atoms with Crippen molar-refractivity contribution in [3.63, 3.8) is 0 Å². The molecule has 0 amide bonds. The summed E-state index contributed by atoms with van der Waals surface area (Å²) >= 11 is 5.35. The fraction of sp³-hybridized carbons (Fsp3) is 0.571. The van der Waals surface area contributed by atoms with Crippen LogP contribution >= 0.6 is 27.7 Å². The number of thioether (sulfide) groups is 1. The van der Waals surface area contributed by atoms with Crippen molar-refractivity contribution >= 4 is 27.7 Å². The molecule has 0 spiro atoms. The molecule has 1 N–H and O–H groups in total. The summed E-state index contributed by atoms with van der Waals surface area (Å²) in [4.78, 5) is 1.31. The van der Waals surface area contributed by atoms with Crippen molar-refractivity contribution in [3.05, 3.63) is 28.7 Å². The van der Waals surface area contributed by atoms with Gasteiger partial charge in [-0.25, -0.2) is 0 Å². The molecule has 0 aliphatic heterocycles. The van der Waals surface area contributed by atoms with Crippen molar-refractivity contribution in [1.29, 1.82) is 0 Å². The van der Waals surface area contributed by atoms with Crippen LogP contribution in [0.15, 0.2) is 33.6 Å². The summed E-state index contributed by atoms with van der Waals surface area (Å²) in [6.07, 6.45) is 2.37. The monoisotopic (exact) mass is 331 g/mol. The number of hydrogen-bond acceptors (Lipinski definition) is 3. The summed E-state index contributed by atoms with van der Waals surface area (Å²) in [5, 5.41) is 3.39. The van der Waals surface area contributed by atoms with Crippen molar-refractivity contribution < 1.29 is 4.74 Å². The van der Waals surface area contributed by atoms with Crippen molar-refractivity contribution in [1.82, 2.24) is 5.32 Å². The molecule has 0 radical (unpaired) electrons. The Morgan fingerprint density at radius 3 is 2.94 bits per heavy atom. The van der Waals surface area contributed by atoms with Crippen LogP contribution in [-0.2, 0) is 4.74 Å². The minimum atomic E-state index is 0.821. The molecule has 0 aliphatic rings. The normalized spacial score (nSPS) is 10.8. The molecule has 0 aromatic heterocycles. The van der Waals surface area contributed by atoms with Gasteiger partial charge >= 0.3 is 0 Å². The summed E-state index contributed by atoms with van der Waals surface area (Å²) in [7, 11) is 0. The van der Waals surface area contributed by atoms with E-state index in [2.05, 4.69) is 52.4 Å². The Morgan fingerprint density at radius 1 is 1.28 bits per heavy atom. The first-order valence-corrected chi connectivity index (χ1v) is 8.27. The zero-order valence-electron chi connectivity index (χ0n) is 11.0. The van der Waals surface area contributed by atoms with Gasteiger partial charge in [-0.3, -0.25) is 0 Å². The lowest BCUT2D eigenvalue weighted by atomic mass is 10.4. The number of unbranched alkanes of at least 4 members (excludes halogenated alkanes) is 1. The Labute approximate surface area is 123 Å². The zero-order valence-corrected chi connectivity index (χ0v) is 13.4. The van der Waals surface area contributed by atoms with Gasteiger partial charge in [0, 0.05) is 34.8 Å². The highest BCUT2D eigenvalue weighted by Gasteiger charge is 1.95. The first-order valence-electron chi connectivity index (χ1n) is 6.49. The minimum Gasteiger partial charge on any atom is -0.380 e. The molecule has 4 heteroatoms. The van der Waals surface area contributed by atoms with Gasteiger partial charge in [-0.05, 0) is 24.6 Å². The van der Waals surface area contributed by atoms with Crippen molar-refractivity contribution in [2.75, 3.05) is 32.1 Å². The van der Waals surface area contributed by atoms with Crippen LogP contribution in [0.3, 0.4) is 0 Å². The van der Waals surface area contributed by atoms with Gasteiger partial charge in [0.25, 0.3) is 0 Å². The van der Waals surface area contributed by atoms with Crippen LogP contribution in [0.2, 0.25) is 0 Å². The minimum absolute atomic E-state index is 0.821. The molecule has 0 saturated heterocycles. The zero-order chi connectivity index (χ0) is 13.1. The molecule has 18 heavy (non-hydrogen) atoms. The van der Waals surface area contributed by atoms with Crippen molar-refractivity contribution in [2.45, 2.75) is 24.7 Å². The number of halogens is 1. The number of nitrogens with one attached hydrogen (secondary N) is 1. The topological polar surface area (TPSA) is 21.3 Å². The molecule has 0 bridgehead atoms. The fourth-order valence-corrected chi connectivity index (χ4v) is 2.83. The van der Waals surface area contributed by atoms with E-state index in [-0.39, 0.29) is 0 Å². The third-order valence-electron chi connectivity index (χ3n) is 2.41. The molecule has 0 aliphatic carbocycles. The quantitative estimate of drug-likeness (QED) is 0.518. The summed E-state index contributed by atoms with van der Waals surface area (Å²) in [5.41, 5.74) is 0. The van der Waals surface area contributed by atoms with E-state index in [1.54, 1.807) is 0 Å². The first kappa shape index (κ1) is 16.0. The Bertz CT molecular complexity index is 322. The van der Waals surface area contributed by atoms with Gasteiger partial charge in [-0.15, -0.1) is 11.8 Å². The Morgan fingerprint density at radius 2 is 2.17 bits per heavy atom. The smallest absolute Gasteiger partial charge is 0.0590 e. The summed E-state index contributed by atoms with van der Waals surface area (Å²) in [6.45, 7) is 5.87. The van der Waals surface area contributed by atoms with Crippen LogP contribution in [0.1, 0.15) is 19.8 Å². The van der Waals surface area contributed by atoms with E-state index in [0.717, 1.165) is 36.5 Å². The van der Waals surface area contributed by atoms with Gasteiger partial charge in [-0.1, -0.05) is 35.3 Å². The van der Waals surface area contributed by atoms with Crippen LogP contribution < -0.4 is 5.32 Å². The second kappa shape index (κ2) is 10.9. The van der Waals surface area contributed by atoms with Crippen LogP contribution in [-0.4, -0.2) is 32.1 Å². The van der Waals surface area contributed by atoms with Gasteiger partial charge < -0.3 is 10.1 Å². The molecule has 1 rings (SSSR count). The average Bonchev–Trinajstić information content (AvgIpc) is 2.37. The van der Waals surface area contributed by atoms with E-state index in [4.69, 9.17) is 4.74 Å². The number of ether oxygens (including phenoxy) is 1. The van der Waals surface area contributed by atoms with E-state index in [1.807, 2.05) is 11.8 Å². The maximum Gasteiger partial charge on any atom is 0.0590 e. The molecular formula is C14H22BrNOS. The van der Waals surface area contributed by atoms with Crippen LogP contribution in [0.4, 0.5) is 0 Å². The largest absolute Gasteiger partial charge is 0.380 e. The first-order chi connectivity index (χ1) is 8.83. The van der Waals surface area contributed by atoms with E-state index < -0.39 is 0 Å². The molecule has 2 nitrogen and oxygen atoms in total. The fourth-order valence-electron chi connectivity index (χ4n) is 1.42. The number of rotatable bonds is 10. The van der Waals surface area contributed by atoms with E-state index >= 15 is 0 Å². The molecule has 0 heterocycles. The lowest BCUT2D eigenvalue weighted by Gasteiger charge is -2.06. The summed E-state index contributed by atoms with van der Waals surface area (Å²) in [5.74, 6) is 1.09. The second-order valence-corrected chi connectivity index (χ2v) is 6.11. The van der Waals surface area contributed by atoms with Crippen molar-refractivity contribution in [3.8, 4) is 0 Å². The third kappa shape index (κ3) is 8.14. The van der Waals surface area contributed by atoms with Crippen LogP contribution in [0, 0.1) is 0 Å². The molecule has 0 unspecified atom stereocenters. The van der Waals surface area contributed by atoms with Crippen molar-refractivity contribution in [2.24, 2.45) is 0 Å². The molecular weight excluding hydrogens is 310 g/mol. The SMILES string of the molecule is CCCCOCCNCCSc1cccc(Br)c1. The van der Waals surface area contributed by atoms with E-state index in [9.17, 15) is 0 Å². The molecule has 1 aromatic rings. The van der Waals surface area contributed by atoms with Gasteiger partial charge in [0.15, 0.2) is 0 Å². The predicted octanol–water partition coefficient (Wildman–Crippen LogP) is 3.95. The molecule has 0 fully saturated rings. The second-order valence-electron chi connectivity index (χ2n) is 4.02.